The second kappa shape index (κ2) is 7.71. The van der Waals surface area contributed by atoms with Gasteiger partial charge in [0.05, 0.1) is 17.6 Å². The Bertz CT molecular complexity index is 830. The number of amides is 2. The smallest absolute Gasteiger partial charge is 0.225 e. The Hall–Kier alpha value is -2.37. The molecule has 2 N–H and O–H groups in total. The average Bonchev–Trinajstić information content (AvgIpc) is 3.36. The Morgan fingerprint density at radius 1 is 1.15 bits per heavy atom. The fourth-order valence-corrected chi connectivity index (χ4v) is 4.42. The molecule has 1 aromatic carbocycles. The van der Waals surface area contributed by atoms with E-state index >= 15 is 0 Å². The number of aromatic nitrogens is 2. The van der Waals surface area contributed by atoms with Crippen molar-refractivity contribution in [3.05, 3.63) is 29.6 Å². The molecule has 0 radical (unpaired) electrons. The zero-order chi connectivity index (χ0) is 18.8. The quantitative estimate of drug-likeness (QED) is 0.871. The van der Waals surface area contributed by atoms with E-state index in [1.807, 2.05) is 30.0 Å². The maximum atomic E-state index is 12.5. The second-order valence-corrected chi connectivity index (χ2v) is 7.95. The van der Waals surface area contributed by atoms with E-state index < -0.39 is 0 Å². The molecule has 2 heterocycles. The Balaban J connectivity index is 1.27. The fourth-order valence-electron chi connectivity index (χ4n) is 4.42. The molecule has 1 aliphatic carbocycles. The third-order valence-electron chi connectivity index (χ3n) is 6.08. The first kappa shape index (κ1) is 18.0. The summed E-state index contributed by atoms with van der Waals surface area (Å²) in [6.07, 6.45) is 5.94. The van der Waals surface area contributed by atoms with Crippen LogP contribution >= 0.6 is 0 Å². The van der Waals surface area contributed by atoms with Crippen LogP contribution in [0.25, 0.3) is 11.0 Å². The van der Waals surface area contributed by atoms with Crippen molar-refractivity contribution in [3.63, 3.8) is 0 Å². The molecule has 27 heavy (non-hydrogen) atoms. The highest BCUT2D eigenvalue weighted by Gasteiger charge is 2.31. The number of imidazole rings is 1. The number of aryl methyl sites for hydroxylation is 1. The zero-order valence-corrected chi connectivity index (χ0v) is 16.0. The summed E-state index contributed by atoms with van der Waals surface area (Å²) >= 11 is 0. The first-order valence-corrected chi connectivity index (χ1v) is 10.1. The number of nitrogens with zero attached hydrogens (tertiary/aromatic N) is 2. The maximum absolute atomic E-state index is 12.5. The highest BCUT2D eigenvalue weighted by Crippen LogP contribution is 2.28. The minimum Gasteiger partial charge on any atom is -0.349 e. The molecule has 1 aromatic heterocycles. The standard InChI is InChI=1S/C21H28N4O2/c1-14-5-4-8-17-19(14)24-18(23-17)13-22-20(26)15-9-11-25(12-10-15)21(27)16-6-2-3-7-16/h4-5,8,15-16H,2-3,6-7,9-13H2,1H3,(H,22,26)(H,23,24). The summed E-state index contributed by atoms with van der Waals surface area (Å²) in [5, 5.41) is 3.01. The molecule has 0 bridgehead atoms. The molecule has 1 saturated heterocycles. The lowest BCUT2D eigenvalue weighted by molar-refractivity contribution is -0.139. The summed E-state index contributed by atoms with van der Waals surface area (Å²) in [6, 6.07) is 6.03. The van der Waals surface area contributed by atoms with E-state index in [1.54, 1.807) is 0 Å². The van der Waals surface area contributed by atoms with Crippen molar-refractivity contribution in [3.8, 4) is 0 Å². The number of likely N-dealkylation sites (tertiary alicyclic amines) is 1. The largest absolute Gasteiger partial charge is 0.349 e. The molecule has 2 aromatic rings. The molecule has 0 unspecified atom stereocenters. The van der Waals surface area contributed by atoms with E-state index in [4.69, 9.17) is 0 Å². The van der Waals surface area contributed by atoms with E-state index in [-0.39, 0.29) is 17.7 Å². The summed E-state index contributed by atoms with van der Waals surface area (Å²) in [5.41, 5.74) is 3.08. The van der Waals surface area contributed by atoms with E-state index in [0.29, 0.717) is 25.5 Å². The van der Waals surface area contributed by atoms with Gasteiger partial charge in [-0.3, -0.25) is 9.59 Å². The molecule has 144 valence electrons. The van der Waals surface area contributed by atoms with Crippen molar-refractivity contribution in [2.75, 3.05) is 13.1 Å². The number of fused-ring (bicyclic) bond motifs is 1. The number of para-hydroxylation sites is 1. The monoisotopic (exact) mass is 368 g/mol. The molecule has 2 aliphatic rings. The molecule has 2 fully saturated rings. The van der Waals surface area contributed by atoms with Crippen molar-refractivity contribution in [1.82, 2.24) is 20.2 Å². The van der Waals surface area contributed by atoms with Crippen LogP contribution in [-0.2, 0) is 16.1 Å². The zero-order valence-electron chi connectivity index (χ0n) is 16.0. The number of carbonyl (C=O) groups is 2. The predicted octanol–water partition coefficient (Wildman–Crippen LogP) is 2.92. The summed E-state index contributed by atoms with van der Waals surface area (Å²) in [5.74, 6) is 1.38. The Kier molecular flexibility index (Phi) is 5.14. The topological polar surface area (TPSA) is 78.1 Å². The van der Waals surface area contributed by atoms with Crippen molar-refractivity contribution in [2.24, 2.45) is 11.8 Å². The van der Waals surface area contributed by atoms with Crippen LogP contribution in [0.1, 0.15) is 49.9 Å². The van der Waals surface area contributed by atoms with Gasteiger partial charge in [-0.15, -0.1) is 0 Å². The van der Waals surface area contributed by atoms with Gasteiger partial charge in [0.2, 0.25) is 11.8 Å². The number of nitrogens with one attached hydrogen (secondary N) is 2. The predicted molar refractivity (Wildman–Crippen MR) is 104 cm³/mol. The number of H-pyrrole nitrogens is 1. The van der Waals surface area contributed by atoms with E-state index in [0.717, 1.165) is 48.1 Å². The van der Waals surface area contributed by atoms with Crippen LogP contribution in [0.2, 0.25) is 0 Å². The van der Waals surface area contributed by atoms with Gasteiger partial charge in [-0.1, -0.05) is 25.0 Å². The summed E-state index contributed by atoms with van der Waals surface area (Å²) in [6.45, 7) is 3.86. The van der Waals surface area contributed by atoms with E-state index in [1.165, 1.54) is 12.8 Å². The van der Waals surface area contributed by atoms with Crippen LogP contribution in [0.3, 0.4) is 0 Å². The van der Waals surface area contributed by atoms with Crippen LogP contribution in [0.4, 0.5) is 0 Å². The normalized spacial score (nSPS) is 18.9. The second-order valence-electron chi connectivity index (χ2n) is 7.95. The lowest BCUT2D eigenvalue weighted by Crippen LogP contribution is -2.44. The molecule has 1 aliphatic heterocycles. The number of hydrogen-bond donors (Lipinski definition) is 2. The molecule has 6 nitrogen and oxygen atoms in total. The molecular weight excluding hydrogens is 340 g/mol. The third kappa shape index (κ3) is 3.84. The molecule has 2 amide bonds. The van der Waals surface area contributed by atoms with Crippen LogP contribution in [0, 0.1) is 18.8 Å². The number of piperidine rings is 1. The lowest BCUT2D eigenvalue weighted by Gasteiger charge is -2.33. The van der Waals surface area contributed by atoms with Crippen molar-refractivity contribution in [2.45, 2.75) is 52.0 Å². The molecule has 6 heteroatoms. The van der Waals surface area contributed by atoms with Gasteiger partial charge in [-0.2, -0.15) is 0 Å². The van der Waals surface area contributed by atoms with Crippen molar-refractivity contribution in [1.29, 1.82) is 0 Å². The number of aromatic amines is 1. The number of benzene rings is 1. The van der Waals surface area contributed by atoms with Gasteiger partial charge in [-0.05, 0) is 44.2 Å². The van der Waals surface area contributed by atoms with Crippen molar-refractivity contribution >= 4 is 22.8 Å². The SMILES string of the molecule is Cc1cccc2[nH]c(CNC(=O)C3CCN(C(=O)C4CCCC4)CC3)nc12. The fraction of sp³-hybridized carbons (Fsp3) is 0.571. The Morgan fingerprint density at radius 2 is 1.89 bits per heavy atom. The highest BCUT2D eigenvalue weighted by atomic mass is 16.2. The van der Waals surface area contributed by atoms with Gasteiger partial charge in [0.15, 0.2) is 0 Å². The number of hydrogen-bond acceptors (Lipinski definition) is 3. The Morgan fingerprint density at radius 3 is 2.59 bits per heavy atom. The van der Waals surface area contributed by atoms with Crippen LogP contribution in [-0.4, -0.2) is 39.8 Å². The van der Waals surface area contributed by atoms with E-state index in [2.05, 4.69) is 15.3 Å². The average molecular weight is 368 g/mol. The van der Waals surface area contributed by atoms with Gasteiger partial charge in [0.1, 0.15) is 5.82 Å². The minimum atomic E-state index is -0.0104. The van der Waals surface area contributed by atoms with Gasteiger partial charge in [-0.25, -0.2) is 4.98 Å². The molecule has 0 spiro atoms. The minimum absolute atomic E-state index is 0.0104. The first-order valence-electron chi connectivity index (χ1n) is 10.1. The van der Waals surface area contributed by atoms with Gasteiger partial charge >= 0.3 is 0 Å². The van der Waals surface area contributed by atoms with Crippen molar-refractivity contribution < 1.29 is 9.59 Å². The molecule has 1 saturated carbocycles. The maximum Gasteiger partial charge on any atom is 0.225 e. The first-order chi connectivity index (χ1) is 13.1. The molecular formula is C21H28N4O2. The number of carbonyl (C=O) groups excluding carboxylic acids is 2. The summed E-state index contributed by atoms with van der Waals surface area (Å²) in [4.78, 5) is 34.9. The van der Waals surface area contributed by atoms with Crippen LogP contribution in [0.5, 0.6) is 0 Å². The molecule has 0 atom stereocenters. The summed E-state index contributed by atoms with van der Waals surface area (Å²) in [7, 11) is 0. The van der Waals surface area contributed by atoms with Gasteiger partial charge < -0.3 is 15.2 Å². The van der Waals surface area contributed by atoms with Crippen LogP contribution in [0.15, 0.2) is 18.2 Å². The van der Waals surface area contributed by atoms with E-state index in [9.17, 15) is 9.59 Å². The number of rotatable bonds is 4. The highest BCUT2D eigenvalue weighted by molar-refractivity contribution is 5.81. The van der Waals surface area contributed by atoms with Gasteiger partial charge in [0.25, 0.3) is 0 Å². The third-order valence-corrected chi connectivity index (χ3v) is 6.08. The lowest BCUT2D eigenvalue weighted by atomic mass is 9.94. The summed E-state index contributed by atoms with van der Waals surface area (Å²) < 4.78 is 0. The van der Waals surface area contributed by atoms with Gasteiger partial charge in [0, 0.05) is 24.9 Å². The van der Waals surface area contributed by atoms with Crippen LogP contribution < -0.4 is 5.32 Å². The molecule has 4 rings (SSSR count). The Labute approximate surface area is 159 Å².